The average Bonchev–Trinajstić information content (AvgIpc) is 3.41. The summed E-state index contributed by atoms with van der Waals surface area (Å²) in [6.45, 7) is -9.50. The van der Waals surface area contributed by atoms with E-state index in [1.54, 1.807) is 23.7 Å². The highest BCUT2D eigenvalue weighted by atomic mass is 16.3. The second-order valence-corrected chi connectivity index (χ2v) is 8.37. The standard InChI is InChI=1S/C29H27N2O/c1-16-7-8-19-20-9-10-22-26(21-11-12-30-14-23(21)29(22,4)5)28(20)32-27(19)25(16)24-13-17(2)18(3)15-31(24)6/h7-15H,1-6H3/q+1/i2D3,3D3,4D3,5D3. The molecular formula is C29H27N2O+. The van der Waals surface area contributed by atoms with E-state index in [0.29, 0.717) is 44.3 Å². The minimum Gasteiger partial charge on any atom is -0.454 e. The fourth-order valence-electron chi connectivity index (χ4n) is 4.85. The van der Waals surface area contributed by atoms with Crippen molar-refractivity contribution < 1.29 is 25.4 Å². The maximum Gasteiger partial charge on any atom is 0.216 e. The SMILES string of the molecule is [2H]C([2H])([2H])c1cc(-c2c(C)ccc3c2oc2c4c(ccc23)C(C([2H])([2H])[2H])(C([2H])([2H])[2H])c2cnccc2-4)[n+](C)cc1C([2H])([2H])[2H]. The smallest absolute Gasteiger partial charge is 0.216 e. The predicted molar refractivity (Wildman–Crippen MR) is 130 cm³/mol. The van der Waals surface area contributed by atoms with Crippen LogP contribution in [-0.4, -0.2) is 4.98 Å². The lowest BCUT2D eigenvalue weighted by molar-refractivity contribution is -0.660. The first-order chi connectivity index (χ1) is 20.2. The topological polar surface area (TPSA) is 29.9 Å². The largest absolute Gasteiger partial charge is 0.454 e. The third kappa shape index (κ3) is 2.37. The minimum absolute atomic E-state index is 0.0633. The zero-order valence-corrected chi connectivity index (χ0v) is 17.5. The minimum atomic E-state index is -2.97. The van der Waals surface area contributed by atoms with Crippen LogP contribution in [0.15, 0.2) is 59.4 Å². The molecule has 5 aromatic rings. The van der Waals surface area contributed by atoms with Crippen molar-refractivity contribution in [1.29, 1.82) is 0 Å². The summed E-state index contributed by atoms with van der Waals surface area (Å²) in [7, 11) is 1.62. The Morgan fingerprint density at radius 1 is 0.906 bits per heavy atom. The Labute approximate surface area is 205 Å². The molecular weight excluding hydrogens is 392 g/mol. The fraction of sp³-hybridized carbons (Fsp3) is 0.241. The van der Waals surface area contributed by atoms with Crippen molar-refractivity contribution in [3.8, 4) is 22.4 Å². The first-order valence-electron chi connectivity index (χ1n) is 16.2. The number of nitrogens with zero attached hydrogens (tertiary/aromatic N) is 2. The van der Waals surface area contributed by atoms with E-state index in [2.05, 4.69) is 4.98 Å². The summed E-state index contributed by atoms with van der Waals surface area (Å²) in [6.07, 6.45) is 4.06. The van der Waals surface area contributed by atoms with E-state index >= 15 is 0 Å². The quantitative estimate of drug-likeness (QED) is 0.276. The van der Waals surface area contributed by atoms with Crippen molar-refractivity contribution in [1.82, 2.24) is 4.98 Å². The first kappa shape index (κ1) is 10.4. The Balaban J connectivity index is 1.74. The molecule has 0 radical (unpaired) electrons. The molecule has 0 bridgehead atoms. The second-order valence-electron chi connectivity index (χ2n) is 8.37. The molecule has 3 nitrogen and oxygen atoms in total. The van der Waals surface area contributed by atoms with E-state index in [-0.39, 0.29) is 27.8 Å². The van der Waals surface area contributed by atoms with Crippen LogP contribution in [-0.2, 0) is 12.5 Å². The monoisotopic (exact) mass is 431 g/mol. The summed E-state index contributed by atoms with van der Waals surface area (Å²) < 4.78 is 107. The molecule has 32 heavy (non-hydrogen) atoms. The van der Waals surface area contributed by atoms with Crippen LogP contribution >= 0.6 is 0 Å². The van der Waals surface area contributed by atoms with Gasteiger partial charge in [0, 0.05) is 62.2 Å². The highest BCUT2D eigenvalue weighted by Gasteiger charge is 2.38. The first-order valence-corrected chi connectivity index (χ1v) is 10.2. The Morgan fingerprint density at radius 3 is 2.47 bits per heavy atom. The zero-order chi connectivity index (χ0) is 32.4. The van der Waals surface area contributed by atoms with Gasteiger partial charge in [-0.25, -0.2) is 4.57 Å². The van der Waals surface area contributed by atoms with Crippen LogP contribution < -0.4 is 4.57 Å². The van der Waals surface area contributed by atoms with E-state index < -0.39 is 32.8 Å². The molecule has 158 valence electrons. The van der Waals surface area contributed by atoms with Gasteiger partial charge in [-0.3, -0.25) is 4.98 Å². The molecule has 0 unspecified atom stereocenters. The number of benzene rings is 2. The summed E-state index contributed by atoms with van der Waals surface area (Å²) in [6, 6.07) is 9.78. The highest BCUT2D eigenvalue weighted by molar-refractivity contribution is 6.14. The molecule has 0 atom stereocenters. The van der Waals surface area contributed by atoms with Crippen molar-refractivity contribution in [2.75, 3.05) is 0 Å². The van der Waals surface area contributed by atoms with Crippen LogP contribution in [0.5, 0.6) is 0 Å². The maximum atomic E-state index is 8.47. The number of aryl methyl sites for hydroxylation is 4. The van der Waals surface area contributed by atoms with Crippen LogP contribution in [0, 0.1) is 20.6 Å². The Morgan fingerprint density at radius 2 is 1.69 bits per heavy atom. The Bertz CT molecular complexity index is 1980. The van der Waals surface area contributed by atoms with E-state index in [1.807, 2.05) is 19.1 Å². The number of hydrogen-bond acceptors (Lipinski definition) is 2. The number of furan rings is 1. The molecule has 3 heteroatoms. The molecule has 3 aromatic heterocycles. The Hall–Kier alpha value is -3.46. The van der Waals surface area contributed by atoms with Crippen molar-refractivity contribution in [3.63, 3.8) is 0 Å². The van der Waals surface area contributed by atoms with Crippen molar-refractivity contribution in [3.05, 3.63) is 82.8 Å². The molecule has 0 fully saturated rings. The number of aromatic nitrogens is 2. The normalized spacial score (nSPS) is 21.3. The van der Waals surface area contributed by atoms with Crippen molar-refractivity contribution in [2.45, 2.75) is 39.7 Å². The van der Waals surface area contributed by atoms with Crippen LogP contribution in [0.1, 0.15) is 58.0 Å². The van der Waals surface area contributed by atoms with Crippen LogP contribution in [0.4, 0.5) is 0 Å². The van der Waals surface area contributed by atoms with Gasteiger partial charge in [0.1, 0.15) is 18.2 Å². The number of rotatable bonds is 1. The lowest BCUT2D eigenvalue weighted by Crippen LogP contribution is -2.31. The second kappa shape index (κ2) is 6.29. The van der Waals surface area contributed by atoms with E-state index in [4.69, 9.17) is 20.9 Å². The molecule has 0 amide bonds. The highest BCUT2D eigenvalue weighted by Crippen LogP contribution is 2.52. The van der Waals surface area contributed by atoms with Crippen LogP contribution in [0.2, 0.25) is 0 Å². The van der Waals surface area contributed by atoms with E-state index in [9.17, 15) is 0 Å². The third-order valence-corrected chi connectivity index (χ3v) is 6.45. The summed E-state index contributed by atoms with van der Waals surface area (Å²) in [5.74, 6) is 0. The van der Waals surface area contributed by atoms with Gasteiger partial charge in [-0.05, 0) is 54.5 Å². The Kier molecular flexibility index (Phi) is 2.05. The molecule has 1 aliphatic carbocycles. The van der Waals surface area contributed by atoms with Crippen LogP contribution in [0.25, 0.3) is 44.3 Å². The summed E-state index contributed by atoms with van der Waals surface area (Å²) in [4.78, 5) is 4.09. The van der Waals surface area contributed by atoms with Gasteiger partial charge in [-0.15, -0.1) is 0 Å². The maximum absolute atomic E-state index is 8.47. The summed E-state index contributed by atoms with van der Waals surface area (Å²) in [5.41, 5.74) is 0.212. The molecule has 0 aliphatic heterocycles. The average molecular weight is 432 g/mol. The molecule has 2 aromatic carbocycles. The number of fused-ring (bicyclic) bond motifs is 7. The predicted octanol–water partition coefficient (Wildman–Crippen LogP) is 6.70. The molecule has 6 rings (SSSR count). The molecule has 0 N–H and O–H groups in total. The van der Waals surface area contributed by atoms with E-state index in [1.165, 1.54) is 30.7 Å². The van der Waals surface area contributed by atoms with Gasteiger partial charge in [0.05, 0.1) is 5.56 Å². The molecule has 1 aliphatic rings. The van der Waals surface area contributed by atoms with Gasteiger partial charge >= 0.3 is 0 Å². The van der Waals surface area contributed by atoms with Crippen molar-refractivity contribution in [2.24, 2.45) is 7.05 Å². The van der Waals surface area contributed by atoms with Gasteiger partial charge in [0.25, 0.3) is 0 Å². The van der Waals surface area contributed by atoms with Gasteiger partial charge in [-0.2, -0.15) is 0 Å². The van der Waals surface area contributed by atoms with Crippen molar-refractivity contribution >= 4 is 21.9 Å². The zero-order valence-electron chi connectivity index (χ0n) is 29.5. The summed E-state index contributed by atoms with van der Waals surface area (Å²) >= 11 is 0. The van der Waals surface area contributed by atoms with Gasteiger partial charge < -0.3 is 4.42 Å². The van der Waals surface area contributed by atoms with Gasteiger partial charge in [0.15, 0.2) is 6.20 Å². The van der Waals surface area contributed by atoms with Crippen LogP contribution in [0.3, 0.4) is 0 Å². The summed E-state index contributed by atoms with van der Waals surface area (Å²) in [5, 5.41) is 1.24. The van der Waals surface area contributed by atoms with E-state index in [0.717, 1.165) is 0 Å². The fourth-order valence-corrected chi connectivity index (χ4v) is 4.85. The lowest BCUT2D eigenvalue weighted by Gasteiger charge is -2.20. The van der Waals surface area contributed by atoms with Gasteiger partial charge in [0.2, 0.25) is 5.69 Å². The van der Waals surface area contributed by atoms with Gasteiger partial charge in [-0.1, -0.05) is 38.0 Å². The molecule has 3 heterocycles. The number of pyridine rings is 2. The number of hydrogen-bond donors (Lipinski definition) is 0. The molecule has 0 saturated heterocycles. The third-order valence-electron chi connectivity index (χ3n) is 6.45. The molecule has 0 saturated carbocycles. The lowest BCUT2D eigenvalue weighted by atomic mass is 9.83. The molecule has 0 spiro atoms.